The van der Waals surface area contributed by atoms with Crippen molar-refractivity contribution in [1.82, 2.24) is 5.32 Å². The Hall–Kier alpha value is -0.700. The summed E-state index contributed by atoms with van der Waals surface area (Å²) >= 11 is 0. The van der Waals surface area contributed by atoms with Gasteiger partial charge in [0.25, 0.3) is 0 Å². The Bertz CT molecular complexity index is 226. The quantitative estimate of drug-likeness (QED) is 0.650. The van der Waals surface area contributed by atoms with E-state index in [-0.39, 0.29) is 0 Å². The van der Waals surface area contributed by atoms with Crippen LogP contribution in [0.2, 0.25) is 0 Å². The van der Waals surface area contributed by atoms with Crippen LogP contribution in [-0.2, 0) is 0 Å². The Morgan fingerprint density at radius 1 is 0.824 bits per heavy atom. The number of hydrogen-bond donors (Lipinski definition) is 1. The van der Waals surface area contributed by atoms with Gasteiger partial charge in [-0.1, -0.05) is 27.7 Å². The van der Waals surface area contributed by atoms with Crippen molar-refractivity contribution in [3.63, 3.8) is 0 Å². The summed E-state index contributed by atoms with van der Waals surface area (Å²) in [7, 11) is 0. The normalized spacial score (nSPS) is 13.9. The highest BCUT2D eigenvalue weighted by molar-refractivity contribution is 5.86. The lowest BCUT2D eigenvalue weighted by Crippen LogP contribution is -2.27. The fraction of sp³-hybridized carbons (Fsp3) is 0.857. The molecule has 0 fully saturated rings. The Labute approximate surface area is 107 Å². The summed E-state index contributed by atoms with van der Waals surface area (Å²) < 4.78 is 0. The van der Waals surface area contributed by atoms with E-state index in [1.54, 1.807) is 0 Å². The molecule has 0 rings (SSSR count). The van der Waals surface area contributed by atoms with Gasteiger partial charge in [-0.3, -0.25) is 9.98 Å². The summed E-state index contributed by atoms with van der Waals surface area (Å²) in [5, 5.41) is 3.37. The largest absolute Gasteiger partial charge is 0.306 e. The molecule has 0 amide bonds. The van der Waals surface area contributed by atoms with Crippen molar-refractivity contribution in [3.8, 4) is 0 Å². The van der Waals surface area contributed by atoms with Crippen molar-refractivity contribution >= 4 is 11.4 Å². The van der Waals surface area contributed by atoms with E-state index in [0.717, 1.165) is 26.2 Å². The van der Waals surface area contributed by atoms with Crippen molar-refractivity contribution in [3.05, 3.63) is 0 Å². The SMILES string of the molecule is CC(CNCC(C)=NCC(C)C)=NCC(C)C. The van der Waals surface area contributed by atoms with Crippen molar-refractivity contribution in [1.29, 1.82) is 0 Å². The molecule has 0 aromatic heterocycles. The molecule has 100 valence electrons. The van der Waals surface area contributed by atoms with E-state index in [9.17, 15) is 0 Å². The number of hydrogen-bond acceptors (Lipinski definition) is 3. The van der Waals surface area contributed by atoms with Crippen LogP contribution in [0.5, 0.6) is 0 Å². The summed E-state index contributed by atoms with van der Waals surface area (Å²) in [6.07, 6.45) is 0. The lowest BCUT2D eigenvalue weighted by Gasteiger charge is -2.06. The molecule has 1 N–H and O–H groups in total. The molecule has 0 unspecified atom stereocenters. The molecular weight excluding hydrogens is 210 g/mol. The monoisotopic (exact) mass is 239 g/mol. The molecular formula is C14H29N3. The van der Waals surface area contributed by atoms with E-state index in [1.807, 2.05) is 0 Å². The Morgan fingerprint density at radius 2 is 1.18 bits per heavy atom. The first kappa shape index (κ1) is 16.3. The maximum atomic E-state index is 4.51. The summed E-state index contributed by atoms with van der Waals surface area (Å²) in [6.45, 7) is 16.5. The second kappa shape index (κ2) is 9.34. The zero-order valence-electron chi connectivity index (χ0n) is 12.4. The third-order valence-corrected chi connectivity index (χ3v) is 2.21. The van der Waals surface area contributed by atoms with Crippen LogP contribution in [0.25, 0.3) is 0 Å². The Morgan fingerprint density at radius 3 is 1.47 bits per heavy atom. The first-order valence-electron chi connectivity index (χ1n) is 6.62. The van der Waals surface area contributed by atoms with Crippen LogP contribution >= 0.6 is 0 Å². The second-order valence-electron chi connectivity index (χ2n) is 5.54. The minimum atomic E-state index is 0.638. The first-order chi connectivity index (χ1) is 7.91. The molecule has 0 bridgehead atoms. The average molecular weight is 239 g/mol. The van der Waals surface area contributed by atoms with E-state index in [1.165, 1.54) is 11.4 Å². The molecule has 0 aliphatic heterocycles. The molecule has 0 radical (unpaired) electrons. The fourth-order valence-electron chi connectivity index (χ4n) is 1.21. The molecule has 0 saturated heterocycles. The van der Waals surface area contributed by atoms with Crippen LogP contribution in [0.1, 0.15) is 41.5 Å². The maximum absolute atomic E-state index is 4.51. The molecule has 0 aromatic rings. The predicted octanol–water partition coefficient (Wildman–Crippen LogP) is 2.81. The molecule has 3 heteroatoms. The topological polar surface area (TPSA) is 36.8 Å². The third-order valence-electron chi connectivity index (χ3n) is 2.21. The highest BCUT2D eigenvalue weighted by Crippen LogP contribution is 1.93. The average Bonchev–Trinajstić information content (AvgIpc) is 2.23. The van der Waals surface area contributed by atoms with Crippen LogP contribution in [0.4, 0.5) is 0 Å². The molecule has 3 nitrogen and oxygen atoms in total. The van der Waals surface area contributed by atoms with Gasteiger partial charge in [-0.05, 0) is 25.7 Å². The predicted molar refractivity (Wildman–Crippen MR) is 78.5 cm³/mol. The molecule has 0 heterocycles. The van der Waals surface area contributed by atoms with Gasteiger partial charge in [-0.25, -0.2) is 0 Å². The summed E-state index contributed by atoms with van der Waals surface area (Å²) in [5.74, 6) is 1.28. The molecule has 0 aliphatic carbocycles. The van der Waals surface area contributed by atoms with Gasteiger partial charge in [0, 0.05) is 37.6 Å². The van der Waals surface area contributed by atoms with E-state index in [2.05, 4.69) is 56.8 Å². The van der Waals surface area contributed by atoms with Crippen LogP contribution in [0.15, 0.2) is 9.98 Å². The van der Waals surface area contributed by atoms with Gasteiger partial charge in [0.15, 0.2) is 0 Å². The summed E-state index contributed by atoms with van der Waals surface area (Å²) in [4.78, 5) is 9.02. The van der Waals surface area contributed by atoms with Gasteiger partial charge in [-0.15, -0.1) is 0 Å². The van der Waals surface area contributed by atoms with Crippen molar-refractivity contribution in [2.75, 3.05) is 26.2 Å². The highest BCUT2D eigenvalue weighted by atomic mass is 14.9. The fourth-order valence-corrected chi connectivity index (χ4v) is 1.21. The second-order valence-corrected chi connectivity index (χ2v) is 5.54. The highest BCUT2D eigenvalue weighted by Gasteiger charge is 1.96. The molecule has 0 saturated carbocycles. The number of rotatable bonds is 8. The number of aliphatic imine (C=N–C) groups is 2. The van der Waals surface area contributed by atoms with Crippen LogP contribution in [-0.4, -0.2) is 37.6 Å². The molecule has 0 spiro atoms. The van der Waals surface area contributed by atoms with Gasteiger partial charge in [-0.2, -0.15) is 0 Å². The lowest BCUT2D eigenvalue weighted by molar-refractivity contribution is 0.661. The van der Waals surface area contributed by atoms with Gasteiger partial charge in [0.2, 0.25) is 0 Å². The Balaban J connectivity index is 3.75. The lowest BCUT2D eigenvalue weighted by atomic mass is 10.2. The van der Waals surface area contributed by atoms with Crippen LogP contribution in [0.3, 0.4) is 0 Å². The van der Waals surface area contributed by atoms with Crippen molar-refractivity contribution < 1.29 is 0 Å². The summed E-state index contributed by atoms with van der Waals surface area (Å²) in [5.41, 5.74) is 2.35. The Kier molecular flexibility index (Phi) is 8.96. The van der Waals surface area contributed by atoms with Crippen molar-refractivity contribution in [2.45, 2.75) is 41.5 Å². The zero-order chi connectivity index (χ0) is 13.3. The number of nitrogens with one attached hydrogen (secondary N) is 1. The molecule has 0 aliphatic rings. The third kappa shape index (κ3) is 11.6. The zero-order valence-corrected chi connectivity index (χ0v) is 12.4. The van der Waals surface area contributed by atoms with Gasteiger partial charge < -0.3 is 5.32 Å². The molecule has 0 aromatic carbocycles. The maximum Gasteiger partial charge on any atom is 0.0412 e. The first-order valence-corrected chi connectivity index (χ1v) is 6.62. The van der Waals surface area contributed by atoms with Gasteiger partial charge in [0.05, 0.1) is 0 Å². The van der Waals surface area contributed by atoms with E-state index >= 15 is 0 Å². The summed E-state index contributed by atoms with van der Waals surface area (Å²) in [6, 6.07) is 0. The smallest absolute Gasteiger partial charge is 0.0412 e. The van der Waals surface area contributed by atoms with E-state index in [0.29, 0.717) is 11.8 Å². The molecule has 0 atom stereocenters. The minimum absolute atomic E-state index is 0.638. The van der Waals surface area contributed by atoms with Crippen molar-refractivity contribution in [2.24, 2.45) is 21.8 Å². The van der Waals surface area contributed by atoms with Gasteiger partial charge in [0.1, 0.15) is 0 Å². The minimum Gasteiger partial charge on any atom is -0.306 e. The standard InChI is InChI=1S/C14H29N3/c1-11(2)7-16-13(5)9-15-10-14(6)17-8-12(3)4/h11-12,15H,7-10H2,1-6H3. The molecule has 17 heavy (non-hydrogen) atoms. The number of nitrogens with zero attached hydrogens (tertiary/aromatic N) is 2. The van der Waals surface area contributed by atoms with E-state index in [4.69, 9.17) is 0 Å². The van der Waals surface area contributed by atoms with Gasteiger partial charge >= 0.3 is 0 Å². The van der Waals surface area contributed by atoms with E-state index < -0.39 is 0 Å². The van der Waals surface area contributed by atoms with Crippen LogP contribution < -0.4 is 5.32 Å². The van der Waals surface area contributed by atoms with Crippen LogP contribution in [0, 0.1) is 11.8 Å².